The minimum absolute atomic E-state index is 0.143. The van der Waals surface area contributed by atoms with Crippen molar-refractivity contribution in [2.45, 2.75) is 13.0 Å². The maximum atomic E-state index is 11.8. The number of benzene rings is 2. The van der Waals surface area contributed by atoms with Gasteiger partial charge in [-0.25, -0.2) is 0 Å². The van der Waals surface area contributed by atoms with Crippen molar-refractivity contribution < 1.29 is 14.6 Å². The van der Waals surface area contributed by atoms with Crippen LogP contribution in [-0.2, 0) is 4.79 Å². The van der Waals surface area contributed by atoms with Crippen LogP contribution in [0.15, 0.2) is 48.5 Å². The van der Waals surface area contributed by atoms with Crippen molar-refractivity contribution in [2.75, 3.05) is 11.9 Å². The van der Waals surface area contributed by atoms with Gasteiger partial charge in [0, 0.05) is 16.3 Å². The van der Waals surface area contributed by atoms with Gasteiger partial charge in [0.2, 0.25) is 0 Å². The molecule has 2 N–H and O–H groups in total. The van der Waals surface area contributed by atoms with Gasteiger partial charge >= 0.3 is 0 Å². The Hall–Kier alpha value is -2.04. The third-order valence-electron chi connectivity index (χ3n) is 2.84. The molecule has 2 aromatic carbocycles. The van der Waals surface area contributed by atoms with Gasteiger partial charge in [-0.3, -0.25) is 4.79 Å². The van der Waals surface area contributed by atoms with E-state index < -0.39 is 6.10 Å². The van der Waals surface area contributed by atoms with E-state index in [9.17, 15) is 9.90 Å². The first-order chi connectivity index (χ1) is 10.1. The molecule has 0 radical (unpaired) electrons. The van der Waals surface area contributed by atoms with Crippen molar-refractivity contribution in [1.82, 2.24) is 0 Å². The minimum Gasteiger partial charge on any atom is -0.483 e. The molecule has 110 valence electrons. The third kappa shape index (κ3) is 4.48. The molecule has 0 bridgehead atoms. The fourth-order valence-electron chi connectivity index (χ4n) is 1.86. The smallest absolute Gasteiger partial charge is 0.262 e. The second kappa shape index (κ2) is 7.11. The quantitative estimate of drug-likeness (QED) is 0.890. The van der Waals surface area contributed by atoms with Crippen molar-refractivity contribution in [3.05, 3.63) is 59.1 Å². The Morgan fingerprint density at radius 1 is 1.29 bits per heavy atom. The summed E-state index contributed by atoms with van der Waals surface area (Å²) in [4.78, 5) is 11.8. The average Bonchev–Trinajstić information content (AvgIpc) is 2.45. The summed E-state index contributed by atoms with van der Waals surface area (Å²) >= 11 is 5.85. The average molecular weight is 306 g/mol. The van der Waals surface area contributed by atoms with Crippen molar-refractivity contribution in [2.24, 2.45) is 0 Å². The number of carbonyl (C=O) groups excluding carboxylic acids is 1. The molecule has 4 nitrogen and oxygen atoms in total. The Morgan fingerprint density at radius 3 is 2.76 bits per heavy atom. The van der Waals surface area contributed by atoms with Gasteiger partial charge < -0.3 is 15.2 Å². The lowest BCUT2D eigenvalue weighted by molar-refractivity contribution is -0.118. The fourth-order valence-corrected chi connectivity index (χ4v) is 2.05. The first-order valence-corrected chi connectivity index (χ1v) is 6.89. The Balaban J connectivity index is 1.95. The number of para-hydroxylation sites is 1. The summed E-state index contributed by atoms with van der Waals surface area (Å²) < 4.78 is 5.46. The van der Waals surface area contributed by atoms with Crippen LogP contribution < -0.4 is 10.1 Å². The summed E-state index contributed by atoms with van der Waals surface area (Å²) in [5.74, 6) is 0.200. The number of hydrogen-bond donors (Lipinski definition) is 2. The van der Waals surface area contributed by atoms with Gasteiger partial charge in [-0.2, -0.15) is 0 Å². The van der Waals surface area contributed by atoms with Gasteiger partial charge in [-0.05, 0) is 31.2 Å². The molecular formula is C16H16ClNO3. The predicted molar refractivity (Wildman–Crippen MR) is 82.7 cm³/mol. The van der Waals surface area contributed by atoms with Crippen molar-refractivity contribution >= 4 is 23.2 Å². The zero-order chi connectivity index (χ0) is 15.2. The highest BCUT2D eigenvalue weighted by Gasteiger charge is 2.10. The van der Waals surface area contributed by atoms with Gasteiger partial charge in [-0.1, -0.05) is 35.9 Å². The van der Waals surface area contributed by atoms with E-state index in [0.29, 0.717) is 22.0 Å². The molecule has 5 heteroatoms. The van der Waals surface area contributed by atoms with E-state index in [1.807, 2.05) is 0 Å². The maximum Gasteiger partial charge on any atom is 0.262 e. The largest absolute Gasteiger partial charge is 0.483 e. The monoisotopic (exact) mass is 305 g/mol. The molecule has 0 saturated carbocycles. The normalized spacial score (nSPS) is 11.8. The number of ether oxygens (including phenoxy) is 1. The number of amides is 1. The molecule has 2 aromatic rings. The predicted octanol–water partition coefficient (Wildman–Crippen LogP) is 3.41. The van der Waals surface area contributed by atoms with Gasteiger partial charge in [-0.15, -0.1) is 0 Å². The summed E-state index contributed by atoms with van der Waals surface area (Å²) in [6.45, 7) is 1.50. The van der Waals surface area contributed by atoms with Crippen LogP contribution in [0.3, 0.4) is 0 Å². The van der Waals surface area contributed by atoms with Crippen LogP contribution in [0.25, 0.3) is 0 Å². The maximum absolute atomic E-state index is 11.8. The third-order valence-corrected chi connectivity index (χ3v) is 3.07. The number of hydrogen-bond acceptors (Lipinski definition) is 3. The number of halogens is 1. The van der Waals surface area contributed by atoms with Crippen LogP contribution in [0.5, 0.6) is 5.75 Å². The molecule has 21 heavy (non-hydrogen) atoms. The standard InChI is InChI=1S/C16H16ClNO3/c1-11(19)14-7-2-3-8-15(14)21-10-16(20)18-13-6-4-5-12(17)9-13/h2-9,11,19H,10H2,1H3,(H,18,20)/t11-/m0/s1. The number of carbonyl (C=O) groups is 1. The van der Waals surface area contributed by atoms with E-state index in [0.717, 1.165) is 0 Å². The first kappa shape index (κ1) is 15.4. The number of anilines is 1. The molecule has 0 spiro atoms. The Kier molecular flexibility index (Phi) is 5.20. The molecule has 0 aliphatic rings. The van der Waals surface area contributed by atoms with Crippen molar-refractivity contribution in [1.29, 1.82) is 0 Å². The highest BCUT2D eigenvalue weighted by Crippen LogP contribution is 2.24. The molecule has 1 amide bonds. The zero-order valence-corrected chi connectivity index (χ0v) is 12.3. The molecule has 0 saturated heterocycles. The van der Waals surface area contributed by atoms with Gasteiger partial charge in [0.15, 0.2) is 6.61 Å². The summed E-state index contributed by atoms with van der Waals surface area (Å²) in [6.07, 6.45) is -0.655. The Labute approximate surface area is 128 Å². The van der Waals surface area contributed by atoms with Crippen LogP contribution in [-0.4, -0.2) is 17.6 Å². The summed E-state index contributed by atoms with van der Waals surface area (Å²) in [5, 5.41) is 12.9. The Morgan fingerprint density at radius 2 is 2.05 bits per heavy atom. The van der Waals surface area contributed by atoms with Gasteiger partial charge in [0.25, 0.3) is 5.91 Å². The van der Waals surface area contributed by atoms with E-state index in [-0.39, 0.29) is 12.5 Å². The van der Waals surface area contributed by atoms with Gasteiger partial charge in [0.1, 0.15) is 5.75 Å². The molecule has 0 unspecified atom stereocenters. The highest BCUT2D eigenvalue weighted by molar-refractivity contribution is 6.30. The van der Waals surface area contributed by atoms with E-state index >= 15 is 0 Å². The zero-order valence-electron chi connectivity index (χ0n) is 11.5. The van der Waals surface area contributed by atoms with Crippen LogP contribution >= 0.6 is 11.6 Å². The number of rotatable bonds is 5. The SMILES string of the molecule is C[C@H](O)c1ccccc1OCC(=O)Nc1cccc(Cl)c1. The van der Waals surface area contributed by atoms with E-state index in [2.05, 4.69) is 5.32 Å². The van der Waals surface area contributed by atoms with E-state index in [4.69, 9.17) is 16.3 Å². The summed E-state index contributed by atoms with van der Waals surface area (Å²) in [6, 6.07) is 13.9. The van der Waals surface area contributed by atoms with Crippen LogP contribution in [0, 0.1) is 0 Å². The van der Waals surface area contributed by atoms with Crippen LogP contribution in [0.4, 0.5) is 5.69 Å². The summed E-state index contributed by atoms with van der Waals surface area (Å²) in [5.41, 5.74) is 1.26. The lowest BCUT2D eigenvalue weighted by atomic mass is 10.1. The molecular weight excluding hydrogens is 290 g/mol. The Bertz CT molecular complexity index is 628. The fraction of sp³-hybridized carbons (Fsp3) is 0.188. The molecule has 2 rings (SSSR count). The van der Waals surface area contributed by atoms with Crippen LogP contribution in [0.2, 0.25) is 5.02 Å². The first-order valence-electron chi connectivity index (χ1n) is 6.51. The van der Waals surface area contributed by atoms with Crippen LogP contribution in [0.1, 0.15) is 18.6 Å². The van der Waals surface area contributed by atoms with Crippen molar-refractivity contribution in [3.8, 4) is 5.75 Å². The van der Waals surface area contributed by atoms with E-state index in [1.54, 1.807) is 55.5 Å². The second-order valence-corrected chi connectivity index (χ2v) is 5.00. The van der Waals surface area contributed by atoms with Gasteiger partial charge in [0.05, 0.1) is 6.10 Å². The molecule has 0 fully saturated rings. The number of aliphatic hydroxyl groups is 1. The van der Waals surface area contributed by atoms with Crippen molar-refractivity contribution in [3.63, 3.8) is 0 Å². The lowest BCUT2D eigenvalue weighted by Gasteiger charge is -2.13. The molecule has 0 aliphatic carbocycles. The lowest BCUT2D eigenvalue weighted by Crippen LogP contribution is -2.20. The summed E-state index contributed by atoms with van der Waals surface area (Å²) in [7, 11) is 0. The number of aliphatic hydroxyl groups excluding tert-OH is 1. The second-order valence-electron chi connectivity index (χ2n) is 4.56. The highest BCUT2D eigenvalue weighted by atomic mass is 35.5. The topological polar surface area (TPSA) is 58.6 Å². The molecule has 0 heterocycles. The number of nitrogens with one attached hydrogen (secondary N) is 1. The molecule has 0 aliphatic heterocycles. The minimum atomic E-state index is -0.655. The molecule has 1 atom stereocenters. The van der Waals surface area contributed by atoms with E-state index in [1.165, 1.54) is 0 Å². The molecule has 0 aromatic heterocycles.